The second kappa shape index (κ2) is 7.50. The van der Waals surface area contributed by atoms with Crippen molar-refractivity contribution >= 4 is 19.9 Å². The van der Waals surface area contributed by atoms with E-state index in [-0.39, 0.29) is 23.0 Å². The molecule has 1 N–H and O–H groups in total. The zero-order chi connectivity index (χ0) is 17.8. The van der Waals surface area contributed by atoms with Crippen LogP contribution in [0.5, 0.6) is 0 Å². The van der Waals surface area contributed by atoms with Gasteiger partial charge in [0.2, 0.25) is 10.0 Å². The largest absolute Gasteiger partial charge is 0.468 e. The molecule has 0 fully saturated rings. The molecule has 1 atom stereocenters. The Morgan fingerprint density at radius 3 is 2.29 bits per heavy atom. The molecule has 1 unspecified atom stereocenters. The van der Waals surface area contributed by atoms with E-state index in [0.717, 1.165) is 5.56 Å². The van der Waals surface area contributed by atoms with Gasteiger partial charge in [0.05, 0.1) is 16.9 Å². The maximum absolute atomic E-state index is 12.9. The summed E-state index contributed by atoms with van der Waals surface area (Å²) in [5.74, 6) is 0.150. The Hall–Kier alpha value is -1.64. The van der Waals surface area contributed by atoms with Gasteiger partial charge in [-0.05, 0) is 37.6 Å². The highest BCUT2D eigenvalue weighted by Crippen LogP contribution is 2.29. The molecule has 0 bridgehead atoms. The van der Waals surface area contributed by atoms with E-state index in [1.165, 1.54) is 24.5 Å². The first-order chi connectivity index (χ1) is 11.3. The number of hydrogen-bond donors (Lipinski definition) is 1. The van der Waals surface area contributed by atoms with Crippen LogP contribution >= 0.6 is 0 Å². The van der Waals surface area contributed by atoms with Crippen molar-refractivity contribution in [2.24, 2.45) is 0 Å². The van der Waals surface area contributed by atoms with E-state index in [1.807, 2.05) is 6.92 Å². The van der Waals surface area contributed by atoms with Gasteiger partial charge in [-0.2, -0.15) is 0 Å². The van der Waals surface area contributed by atoms with Gasteiger partial charge in [0.15, 0.2) is 9.84 Å². The van der Waals surface area contributed by atoms with Crippen molar-refractivity contribution in [3.63, 3.8) is 0 Å². The highest BCUT2D eigenvalue weighted by Gasteiger charge is 2.32. The molecule has 1 aromatic carbocycles. The van der Waals surface area contributed by atoms with Crippen LogP contribution in [-0.4, -0.2) is 29.1 Å². The fraction of sp³-hybridized carbons (Fsp3) is 0.375. The third-order valence-corrected chi connectivity index (χ3v) is 7.18. The van der Waals surface area contributed by atoms with Gasteiger partial charge in [0.1, 0.15) is 11.0 Å². The lowest BCUT2D eigenvalue weighted by Crippen LogP contribution is -2.33. The van der Waals surface area contributed by atoms with E-state index in [4.69, 9.17) is 4.42 Å². The van der Waals surface area contributed by atoms with Gasteiger partial charge in [-0.1, -0.05) is 24.6 Å². The summed E-state index contributed by atoms with van der Waals surface area (Å²) < 4.78 is 57.2. The highest BCUT2D eigenvalue weighted by molar-refractivity contribution is 7.92. The summed E-state index contributed by atoms with van der Waals surface area (Å²) in [6.07, 6.45) is 1.82. The normalized spacial score (nSPS) is 13.8. The standard InChI is InChI=1S/C16H21NO5S2/c1-3-11-23(18,19)17-12-16(15-5-4-10-22-15)24(20,21)14-8-6-13(2)7-9-14/h4-10,16-17H,3,11-12H2,1-2H3. The SMILES string of the molecule is CCCS(=O)(=O)NCC(c1ccco1)S(=O)(=O)c1ccc(C)cc1. The van der Waals surface area contributed by atoms with Crippen LogP contribution in [0.25, 0.3) is 0 Å². The highest BCUT2D eigenvalue weighted by atomic mass is 32.2. The average Bonchev–Trinajstić information content (AvgIpc) is 3.01. The number of sulfone groups is 1. The summed E-state index contributed by atoms with van der Waals surface area (Å²) in [5, 5.41) is -1.12. The molecule has 0 aliphatic rings. The van der Waals surface area contributed by atoms with E-state index in [2.05, 4.69) is 4.72 Å². The predicted octanol–water partition coefficient (Wildman–Crippen LogP) is 2.43. The molecule has 2 aromatic rings. The quantitative estimate of drug-likeness (QED) is 0.769. The number of sulfonamides is 1. The second-order valence-corrected chi connectivity index (χ2v) is 9.59. The number of nitrogens with one attached hydrogen (secondary N) is 1. The molecule has 0 saturated carbocycles. The smallest absolute Gasteiger partial charge is 0.211 e. The lowest BCUT2D eigenvalue weighted by atomic mass is 10.2. The lowest BCUT2D eigenvalue weighted by molar-refractivity contribution is 0.486. The summed E-state index contributed by atoms with van der Waals surface area (Å²) in [6, 6.07) is 9.54. The minimum absolute atomic E-state index is 0.0531. The van der Waals surface area contributed by atoms with Crippen LogP contribution < -0.4 is 4.72 Å². The summed E-state index contributed by atoms with van der Waals surface area (Å²) >= 11 is 0. The Kier molecular flexibility index (Phi) is 5.84. The van der Waals surface area contributed by atoms with E-state index in [1.54, 1.807) is 25.1 Å². The van der Waals surface area contributed by atoms with Crippen molar-refractivity contribution in [3.8, 4) is 0 Å². The van der Waals surface area contributed by atoms with E-state index in [9.17, 15) is 16.8 Å². The first-order valence-corrected chi connectivity index (χ1v) is 10.8. The Morgan fingerprint density at radius 1 is 1.08 bits per heavy atom. The molecular formula is C16H21NO5S2. The molecule has 8 heteroatoms. The first-order valence-electron chi connectivity index (χ1n) is 7.57. The molecule has 6 nitrogen and oxygen atoms in total. The van der Waals surface area contributed by atoms with Crippen molar-refractivity contribution < 1.29 is 21.3 Å². The van der Waals surface area contributed by atoms with Crippen LogP contribution in [0.4, 0.5) is 0 Å². The van der Waals surface area contributed by atoms with Gasteiger partial charge in [0, 0.05) is 6.54 Å². The summed E-state index contributed by atoms with van der Waals surface area (Å²) in [5.41, 5.74) is 0.937. The second-order valence-electron chi connectivity index (χ2n) is 5.53. The zero-order valence-electron chi connectivity index (χ0n) is 13.6. The van der Waals surface area contributed by atoms with Crippen molar-refractivity contribution in [2.45, 2.75) is 30.4 Å². The molecule has 0 radical (unpaired) electrons. The zero-order valence-corrected chi connectivity index (χ0v) is 15.2. The molecule has 24 heavy (non-hydrogen) atoms. The van der Waals surface area contributed by atoms with Crippen molar-refractivity contribution in [2.75, 3.05) is 12.3 Å². The van der Waals surface area contributed by atoms with Crippen LogP contribution in [-0.2, 0) is 19.9 Å². The summed E-state index contributed by atoms with van der Waals surface area (Å²) in [6.45, 7) is 3.33. The van der Waals surface area contributed by atoms with Crippen LogP contribution in [0.2, 0.25) is 0 Å². The van der Waals surface area contributed by atoms with Crippen molar-refractivity contribution in [1.29, 1.82) is 0 Å². The number of benzene rings is 1. The van der Waals surface area contributed by atoms with Gasteiger partial charge in [-0.15, -0.1) is 0 Å². The Balaban J connectivity index is 2.35. The summed E-state index contributed by atoms with van der Waals surface area (Å²) in [7, 11) is -7.32. The molecule has 2 rings (SSSR count). The first kappa shape index (κ1) is 18.7. The van der Waals surface area contributed by atoms with Gasteiger partial charge in [-0.3, -0.25) is 0 Å². The van der Waals surface area contributed by atoms with Gasteiger partial charge in [0.25, 0.3) is 0 Å². The van der Waals surface area contributed by atoms with Crippen LogP contribution in [0, 0.1) is 6.92 Å². The van der Waals surface area contributed by atoms with E-state index < -0.39 is 25.1 Å². The van der Waals surface area contributed by atoms with E-state index in [0.29, 0.717) is 6.42 Å². The summed E-state index contributed by atoms with van der Waals surface area (Å²) in [4.78, 5) is 0.129. The fourth-order valence-corrected chi connectivity index (χ4v) is 5.07. The topological polar surface area (TPSA) is 93.4 Å². The van der Waals surface area contributed by atoms with Gasteiger partial charge in [-0.25, -0.2) is 21.6 Å². The molecule has 1 aromatic heterocycles. The Bertz CT molecular complexity index is 854. The van der Waals surface area contributed by atoms with Crippen LogP contribution in [0.1, 0.15) is 29.9 Å². The molecule has 132 valence electrons. The van der Waals surface area contributed by atoms with E-state index >= 15 is 0 Å². The third kappa shape index (κ3) is 4.46. The van der Waals surface area contributed by atoms with Gasteiger partial charge >= 0.3 is 0 Å². The van der Waals surface area contributed by atoms with Crippen LogP contribution in [0.3, 0.4) is 0 Å². The average molecular weight is 371 g/mol. The molecule has 1 heterocycles. The molecule has 0 amide bonds. The maximum atomic E-state index is 12.9. The number of hydrogen-bond acceptors (Lipinski definition) is 5. The lowest BCUT2D eigenvalue weighted by Gasteiger charge is -2.17. The predicted molar refractivity (Wildman–Crippen MR) is 91.9 cm³/mol. The van der Waals surface area contributed by atoms with Crippen LogP contribution in [0.15, 0.2) is 52.0 Å². The number of aryl methyl sites for hydroxylation is 1. The number of furan rings is 1. The minimum atomic E-state index is -3.80. The molecule has 0 aliphatic carbocycles. The molecule has 0 aliphatic heterocycles. The molecular weight excluding hydrogens is 350 g/mol. The minimum Gasteiger partial charge on any atom is -0.468 e. The maximum Gasteiger partial charge on any atom is 0.211 e. The Labute approximate surface area is 142 Å². The Morgan fingerprint density at radius 2 is 1.75 bits per heavy atom. The van der Waals surface area contributed by atoms with Crippen molar-refractivity contribution in [3.05, 3.63) is 54.0 Å². The molecule has 0 spiro atoms. The fourth-order valence-electron chi connectivity index (χ4n) is 2.27. The third-order valence-electron chi connectivity index (χ3n) is 3.55. The number of rotatable bonds is 8. The van der Waals surface area contributed by atoms with Gasteiger partial charge < -0.3 is 4.42 Å². The molecule has 0 saturated heterocycles. The van der Waals surface area contributed by atoms with Crippen molar-refractivity contribution in [1.82, 2.24) is 4.72 Å². The monoisotopic (exact) mass is 371 g/mol.